The molecule has 1 atom stereocenters. The zero-order chi connectivity index (χ0) is 13.7. The van der Waals surface area contributed by atoms with Crippen LogP contribution < -0.4 is 0 Å². The molecule has 0 aliphatic carbocycles. The van der Waals surface area contributed by atoms with Gasteiger partial charge in [-0.25, -0.2) is 0 Å². The maximum Gasteiger partial charge on any atom is 0.305 e. The molecule has 0 saturated heterocycles. The van der Waals surface area contributed by atoms with Crippen LogP contribution in [0.3, 0.4) is 0 Å². The average Bonchev–Trinajstić information content (AvgIpc) is 2.80. The lowest BCUT2D eigenvalue weighted by Crippen LogP contribution is -2.40. The number of carbonyl (C=O) groups excluding carboxylic acids is 1. The summed E-state index contributed by atoms with van der Waals surface area (Å²) in [5.74, 6) is -1.10. The third kappa shape index (κ3) is 3.84. The Hall–Kier alpha value is -1.36. The molecule has 18 heavy (non-hydrogen) atoms. The monoisotopic (exact) mass is 269 g/mol. The average molecular weight is 269 g/mol. The molecule has 1 aromatic heterocycles. The highest BCUT2D eigenvalue weighted by atomic mass is 32.1. The Kier molecular flexibility index (Phi) is 5.34. The second-order valence-electron chi connectivity index (χ2n) is 4.55. The fourth-order valence-electron chi connectivity index (χ4n) is 1.75. The zero-order valence-electron chi connectivity index (χ0n) is 10.9. The first-order valence-corrected chi connectivity index (χ1v) is 6.92. The molecule has 0 spiro atoms. The third-order valence-electron chi connectivity index (χ3n) is 2.89. The Morgan fingerprint density at radius 1 is 1.39 bits per heavy atom. The SMILES string of the molecule is CC(C(=O)N(CCC(=O)O)C(C)C)c1ccsc1. The minimum Gasteiger partial charge on any atom is -0.481 e. The highest BCUT2D eigenvalue weighted by molar-refractivity contribution is 7.08. The molecule has 0 aromatic carbocycles. The largest absolute Gasteiger partial charge is 0.481 e. The molecule has 0 aliphatic heterocycles. The van der Waals surface area contributed by atoms with E-state index < -0.39 is 5.97 Å². The van der Waals surface area contributed by atoms with Gasteiger partial charge in [0.05, 0.1) is 12.3 Å². The van der Waals surface area contributed by atoms with E-state index in [1.165, 1.54) is 0 Å². The molecular weight excluding hydrogens is 250 g/mol. The van der Waals surface area contributed by atoms with Crippen molar-refractivity contribution in [3.05, 3.63) is 22.4 Å². The van der Waals surface area contributed by atoms with Crippen molar-refractivity contribution in [3.8, 4) is 0 Å². The summed E-state index contributed by atoms with van der Waals surface area (Å²) in [7, 11) is 0. The lowest BCUT2D eigenvalue weighted by Gasteiger charge is -2.28. The van der Waals surface area contributed by atoms with Crippen molar-refractivity contribution in [2.45, 2.75) is 39.2 Å². The highest BCUT2D eigenvalue weighted by Crippen LogP contribution is 2.21. The fourth-order valence-corrected chi connectivity index (χ4v) is 2.51. The van der Waals surface area contributed by atoms with Gasteiger partial charge in [-0.2, -0.15) is 11.3 Å². The minimum atomic E-state index is -0.878. The zero-order valence-corrected chi connectivity index (χ0v) is 11.7. The standard InChI is InChI=1S/C13H19NO3S/c1-9(2)14(6-4-12(15)16)13(17)10(3)11-5-7-18-8-11/h5,7-10H,4,6H2,1-3H3,(H,15,16). The van der Waals surface area contributed by atoms with E-state index in [0.717, 1.165) is 5.56 Å². The Morgan fingerprint density at radius 3 is 2.50 bits per heavy atom. The van der Waals surface area contributed by atoms with Crippen molar-refractivity contribution >= 4 is 23.2 Å². The van der Waals surface area contributed by atoms with Gasteiger partial charge < -0.3 is 10.0 Å². The molecule has 0 saturated carbocycles. The Morgan fingerprint density at radius 2 is 2.06 bits per heavy atom. The molecule has 1 aromatic rings. The van der Waals surface area contributed by atoms with Crippen molar-refractivity contribution in [1.82, 2.24) is 4.90 Å². The lowest BCUT2D eigenvalue weighted by atomic mass is 10.0. The topological polar surface area (TPSA) is 57.6 Å². The van der Waals surface area contributed by atoms with E-state index in [4.69, 9.17) is 5.11 Å². The number of hydrogen-bond donors (Lipinski definition) is 1. The molecule has 0 bridgehead atoms. The molecule has 1 rings (SSSR count). The van der Waals surface area contributed by atoms with E-state index >= 15 is 0 Å². The number of nitrogens with zero attached hydrogens (tertiary/aromatic N) is 1. The molecule has 1 heterocycles. The molecule has 5 heteroatoms. The van der Waals surface area contributed by atoms with Crippen molar-refractivity contribution in [2.24, 2.45) is 0 Å². The summed E-state index contributed by atoms with van der Waals surface area (Å²) in [6.07, 6.45) is -0.0136. The van der Waals surface area contributed by atoms with Crippen LogP contribution in [-0.2, 0) is 9.59 Å². The van der Waals surface area contributed by atoms with Gasteiger partial charge in [0.15, 0.2) is 0 Å². The van der Waals surface area contributed by atoms with E-state index in [9.17, 15) is 9.59 Å². The first kappa shape index (κ1) is 14.7. The summed E-state index contributed by atoms with van der Waals surface area (Å²) >= 11 is 1.56. The van der Waals surface area contributed by atoms with Gasteiger partial charge in [0.25, 0.3) is 0 Å². The normalized spacial score (nSPS) is 12.4. The van der Waals surface area contributed by atoms with Crippen LogP contribution in [-0.4, -0.2) is 34.5 Å². The van der Waals surface area contributed by atoms with E-state index in [0.29, 0.717) is 0 Å². The van der Waals surface area contributed by atoms with E-state index in [1.807, 2.05) is 37.6 Å². The lowest BCUT2D eigenvalue weighted by molar-refractivity contribution is -0.139. The van der Waals surface area contributed by atoms with Crippen molar-refractivity contribution < 1.29 is 14.7 Å². The summed E-state index contributed by atoms with van der Waals surface area (Å²) in [5.41, 5.74) is 0.992. The quantitative estimate of drug-likeness (QED) is 0.863. The summed E-state index contributed by atoms with van der Waals surface area (Å²) in [5, 5.41) is 12.6. The van der Waals surface area contributed by atoms with Gasteiger partial charge in [-0.3, -0.25) is 9.59 Å². The molecule has 1 N–H and O–H groups in total. The molecule has 1 amide bonds. The molecule has 0 aliphatic rings. The summed E-state index contributed by atoms with van der Waals surface area (Å²) in [6, 6.07) is 1.95. The summed E-state index contributed by atoms with van der Waals surface area (Å²) in [4.78, 5) is 24.6. The molecule has 1 unspecified atom stereocenters. The van der Waals surface area contributed by atoms with Gasteiger partial charge in [-0.05, 0) is 43.2 Å². The van der Waals surface area contributed by atoms with Gasteiger partial charge in [-0.1, -0.05) is 0 Å². The molecule has 100 valence electrons. The number of aliphatic carboxylic acids is 1. The van der Waals surface area contributed by atoms with Crippen LogP contribution in [0.15, 0.2) is 16.8 Å². The first-order valence-electron chi connectivity index (χ1n) is 5.97. The van der Waals surface area contributed by atoms with Gasteiger partial charge in [0.1, 0.15) is 0 Å². The number of hydrogen-bond acceptors (Lipinski definition) is 3. The fraction of sp³-hybridized carbons (Fsp3) is 0.538. The van der Waals surface area contributed by atoms with Crippen LogP contribution in [0.2, 0.25) is 0 Å². The number of carbonyl (C=O) groups is 2. The number of amides is 1. The maximum atomic E-state index is 12.3. The van der Waals surface area contributed by atoms with Crippen molar-refractivity contribution in [3.63, 3.8) is 0 Å². The Bertz CT molecular complexity index is 400. The second kappa shape index (κ2) is 6.54. The van der Waals surface area contributed by atoms with Crippen LogP contribution in [0.5, 0.6) is 0 Å². The maximum absolute atomic E-state index is 12.3. The van der Waals surface area contributed by atoms with Crippen molar-refractivity contribution in [2.75, 3.05) is 6.54 Å². The summed E-state index contributed by atoms with van der Waals surface area (Å²) in [6.45, 7) is 5.93. The number of carboxylic acid groups (broad SMARTS) is 1. The third-order valence-corrected chi connectivity index (χ3v) is 3.59. The van der Waals surface area contributed by atoms with Gasteiger partial charge in [0.2, 0.25) is 5.91 Å². The smallest absolute Gasteiger partial charge is 0.305 e. The van der Waals surface area contributed by atoms with Crippen LogP contribution >= 0.6 is 11.3 Å². The summed E-state index contributed by atoms with van der Waals surface area (Å²) < 4.78 is 0. The first-order chi connectivity index (χ1) is 8.43. The van der Waals surface area contributed by atoms with Gasteiger partial charge in [-0.15, -0.1) is 0 Å². The Labute approximate surface area is 111 Å². The number of carboxylic acids is 1. The number of rotatable bonds is 6. The van der Waals surface area contributed by atoms with Crippen LogP contribution in [0, 0.1) is 0 Å². The minimum absolute atomic E-state index is 0.00958. The van der Waals surface area contributed by atoms with Crippen LogP contribution in [0.25, 0.3) is 0 Å². The van der Waals surface area contributed by atoms with E-state index in [1.54, 1.807) is 16.2 Å². The van der Waals surface area contributed by atoms with Crippen molar-refractivity contribution in [1.29, 1.82) is 0 Å². The Balaban J connectivity index is 2.73. The molecule has 4 nitrogen and oxygen atoms in total. The second-order valence-corrected chi connectivity index (χ2v) is 5.33. The van der Waals surface area contributed by atoms with Gasteiger partial charge in [0, 0.05) is 12.6 Å². The molecule has 0 radical (unpaired) electrons. The predicted octanol–water partition coefficient (Wildman–Crippen LogP) is 2.56. The molecule has 0 fully saturated rings. The van der Waals surface area contributed by atoms with E-state index in [2.05, 4.69) is 0 Å². The number of thiophene rings is 1. The molecular formula is C13H19NO3S. The highest BCUT2D eigenvalue weighted by Gasteiger charge is 2.24. The van der Waals surface area contributed by atoms with Crippen LogP contribution in [0.4, 0.5) is 0 Å². The van der Waals surface area contributed by atoms with Crippen LogP contribution in [0.1, 0.15) is 38.7 Å². The predicted molar refractivity (Wildman–Crippen MR) is 71.8 cm³/mol. The van der Waals surface area contributed by atoms with Gasteiger partial charge >= 0.3 is 5.97 Å². The van der Waals surface area contributed by atoms with E-state index in [-0.39, 0.29) is 30.8 Å².